The molecule has 5 heteroatoms. The average Bonchev–Trinajstić information content (AvgIpc) is 2.89. The molecule has 5 nitrogen and oxygen atoms in total. The number of aromatic nitrogens is 4. The van der Waals surface area contributed by atoms with E-state index in [2.05, 4.69) is 27.4 Å². The molecule has 2 atom stereocenters. The Bertz CT molecular complexity index is 521. The maximum atomic E-state index is 4.41. The molecule has 96 valence electrons. The van der Waals surface area contributed by atoms with Crippen LogP contribution in [0.5, 0.6) is 0 Å². The second-order valence-corrected chi connectivity index (χ2v) is 5.04. The Morgan fingerprint density at radius 3 is 3.17 bits per heavy atom. The monoisotopic (exact) mass is 245 g/mol. The maximum absolute atomic E-state index is 4.41. The molecule has 1 fully saturated rings. The number of fused-ring (bicyclic) bond motifs is 1. The first kappa shape index (κ1) is 11.4. The molecule has 0 aromatic carbocycles. The van der Waals surface area contributed by atoms with Gasteiger partial charge in [-0.25, -0.2) is 4.98 Å². The van der Waals surface area contributed by atoms with Crippen LogP contribution in [0, 0.1) is 5.92 Å². The summed E-state index contributed by atoms with van der Waals surface area (Å²) in [5, 5.41) is 11.6. The van der Waals surface area contributed by atoms with Crippen LogP contribution in [0.25, 0.3) is 5.65 Å². The minimum Gasteiger partial charge on any atom is -0.364 e. The summed E-state index contributed by atoms with van der Waals surface area (Å²) in [7, 11) is 0. The molecule has 18 heavy (non-hydrogen) atoms. The van der Waals surface area contributed by atoms with Crippen LogP contribution in [0.1, 0.15) is 39.0 Å². The quantitative estimate of drug-likeness (QED) is 0.902. The summed E-state index contributed by atoms with van der Waals surface area (Å²) in [6, 6.07) is 0.527. The lowest BCUT2D eigenvalue weighted by Crippen LogP contribution is -2.32. The third kappa shape index (κ3) is 2.05. The van der Waals surface area contributed by atoms with Crippen LogP contribution in [0.4, 0.5) is 5.82 Å². The number of hydrogen-bond donors (Lipinski definition) is 1. The van der Waals surface area contributed by atoms with Crippen LogP contribution in [-0.4, -0.2) is 25.6 Å². The van der Waals surface area contributed by atoms with E-state index < -0.39 is 0 Å². The van der Waals surface area contributed by atoms with Gasteiger partial charge >= 0.3 is 0 Å². The minimum atomic E-state index is 0.527. The SMILES string of the molecule is CCC1CCCCC1Nc1nccn2cnnc12. The molecular formula is C13H19N5. The van der Waals surface area contributed by atoms with Crippen molar-refractivity contribution >= 4 is 11.5 Å². The van der Waals surface area contributed by atoms with Crippen molar-refractivity contribution in [2.75, 3.05) is 5.32 Å². The molecule has 0 amide bonds. The van der Waals surface area contributed by atoms with Gasteiger partial charge in [0.25, 0.3) is 0 Å². The number of rotatable bonds is 3. The molecule has 2 unspecified atom stereocenters. The zero-order chi connectivity index (χ0) is 12.4. The average molecular weight is 245 g/mol. The summed E-state index contributed by atoms with van der Waals surface area (Å²) >= 11 is 0. The van der Waals surface area contributed by atoms with E-state index in [-0.39, 0.29) is 0 Å². The van der Waals surface area contributed by atoms with Gasteiger partial charge in [0.1, 0.15) is 6.33 Å². The fraction of sp³-hybridized carbons (Fsp3) is 0.615. The zero-order valence-corrected chi connectivity index (χ0v) is 10.7. The summed E-state index contributed by atoms with van der Waals surface area (Å²) in [6.45, 7) is 2.27. The highest BCUT2D eigenvalue weighted by atomic mass is 15.2. The Labute approximate surface area is 107 Å². The van der Waals surface area contributed by atoms with E-state index >= 15 is 0 Å². The third-order valence-corrected chi connectivity index (χ3v) is 3.97. The van der Waals surface area contributed by atoms with Crippen molar-refractivity contribution in [3.05, 3.63) is 18.7 Å². The van der Waals surface area contributed by atoms with Crippen LogP contribution in [-0.2, 0) is 0 Å². The minimum absolute atomic E-state index is 0.527. The lowest BCUT2D eigenvalue weighted by atomic mass is 9.83. The Morgan fingerprint density at radius 2 is 2.28 bits per heavy atom. The molecule has 1 aliphatic carbocycles. The molecule has 1 N–H and O–H groups in total. The fourth-order valence-electron chi connectivity index (χ4n) is 2.92. The van der Waals surface area contributed by atoms with Crippen molar-refractivity contribution < 1.29 is 0 Å². The molecule has 3 rings (SSSR count). The summed E-state index contributed by atoms with van der Waals surface area (Å²) in [6.07, 6.45) is 11.8. The van der Waals surface area contributed by atoms with Crippen LogP contribution >= 0.6 is 0 Å². The highest BCUT2D eigenvalue weighted by Gasteiger charge is 2.24. The Balaban J connectivity index is 1.84. The van der Waals surface area contributed by atoms with Crippen LogP contribution in [0.2, 0.25) is 0 Å². The van der Waals surface area contributed by atoms with E-state index in [4.69, 9.17) is 0 Å². The first-order valence-electron chi connectivity index (χ1n) is 6.79. The van der Waals surface area contributed by atoms with Gasteiger partial charge in [0.15, 0.2) is 5.82 Å². The molecule has 0 radical (unpaired) electrons. The Hall–Kier alpha value is -1.65. The Morgan fingerprint density at radius 1 is 1.39 bits per heavy atom. The van der Waals surface area contributed by atoms with E-state index in [1.54, 1.807) is 12.5 Å². The summed E-state index contributed by atoms with van der Waals surface area (Å²) in [5.41, 5.74) is 0.818. The largest absolute Gasteiger partial charge is 0.364 e. The smallest absolute Gasteiger partial charge is 0.203 e. The third-order valence-electron chi connectivity index (χ3n) is 3.97. The first-order valence-corrected chi connectivity index (χ1v) is 6.79. The van der Waals surface area contributed by atoms with Gasteiger partial charge in [-0.05, 0) is 18.8 Å². The highest BCUT2D eigenvalue weighted by Crippen LogP contribution is 2.29. The Kier molecular flexibility index (Phi) is 3.13. The van der Waals surface area contributed by atoms with Crippen LogP contribution in [0.15, 0.2) is 18.7 Å². The standard InChI is InChI=1S/C13H19N5/c1-2-10-5-3-4-6-11(10)16-12-13-17-15-9-18(13)8-7-14-12/h7-11H,2-6H2,1H3,(H,14,16). The fourth-order valence-corrected chi connectivity index (χ4v) is 2.92. The van der Waals surface area contributed by atoms with Crippen LogP contribution < -0.4 is 5.32 Å². The van der Waals surface area contributed by atoms with Gasteiger partial charge in [-0.15, -0.1) is 10.2 Å². The molecule has 2 heterocycles. The van der Waals surface area contributed by atoms with E-state index in [9.17, 15) is 0 Å². The summed E-state index contributed by atoms with van der Waals surface area (Å²) < 4.78 is 1.90. The zero-order valence-electron chi connectivity index (χ0n) is 10.7. The van der Waals surface area contributed by atoms with Crippen molar-refractivity contribution in [3.8, 4) is 0 Å². The van der Waals surface area contributed by atoms with Crippen molar-refractivity contribution in [2.24, 2.45) is 5.92 Å². The molecule has 1 aliphatic rings. The van der Waals surface area contributed by atoms with Gasteiger partial charge in [-0.1, -0.05) is 26.2 Å². The molecule has 1 saturated carbocycles. The topological polar surface area (TPSA) is 55.1 Å². The highest BCUT2D eigenvalue weighted by molar-refractivity contribution is 5.61. The second-order valence-electron chi connectivity index (χ2n) is 5.04. The summed E-state index contributed by atoms with van der Waals surface area (Å²) in [4.78, 5) is 4.41. The molecular weight excluding hydrogens is 226 g/mol. The van der Waals surface area contributed by atoms with Crippen molar-refractivity contribution in [1.82, 2.24) is 19.6 Å². The molecule has 0 spiro atoms. The lowest BCUT2D eigenvalue weighted by molar-refractivity contribution is 0.317. The predicted molar refractivity (Wildman–Crippen MR) is 70.4 cm³/mol. The lowest BCUT2D eigenvalue weighted by Gasteiger charge is -2.31. The van der Waals surface area contributed by atoms with Gasteiger partial charge in [-0.3, -0.25) is 4.40 Å². The first-order chi connectivity index (χ1) is 8.88. The van der Waals surface area contributed by atoms with E-state index in [1.165, 1.54) is 32.1 Å². The van der Waals surface area contributed by atoms with Crippen molar-refractivity contribution in [1.29, 1.82) is 0 Å². The van der Waals surface area contributed by atoms with E-state index in [0.717, 1.165) is 17.4 Å². The van der Waals surface area contributed by atoms with Gasteiger partial charge < -0.3 is 5.32 Å². The molecule has 0 bridgehead atoms. The number of anilines is 1. The molecule has 0 saturated heterocycles. The van der Waals surface area contributed by atoms with Crippen molar-refractivity contribution in [3.63, 3.8) is 0 Å². The van der Waals surface area contributed by atoms with Gasteiger partial charge in [-0.2, -0.15) is 0 Å². The normalized spacial score (nSPS) is 24.3. The van der Waals surface area contributed by atoms with Gasteiger partial charge in [0.05, 0.1) is 0 Å². The molecule has 0 aliphatic heterocycles. The van der Waals surface area contributed by atoms with Gasteiger partial charge in [0, 0.05) is 18.4 Å². The number of nitrogens with one attached hydrogen (secondary N) is 1. The number of nitrogens with zero attached hydrogens (tertiary/aromatic N) is 4. The van der Waals surface area contributed by atoms with E-state index in [0.29, 0.717) is 6.04 Å². The van der Waals surface area contributed by atoms with E-state index in [1.807, 2.05) is 10.6 Å². The maximum Gasteiger partial charge on any atom is 0.203 e. The summed E-state index contributed by atoms with van der Waals surface area (Å²) in [5.74, 6) is 1.61. The van der Waals surface area contributed by atoms with Gasteiger partial charge in [0.2, 0.25) is 5.65 Å². The van der Waals surface area contributed by atoms with Crippen LogP contribution in [0.3, 0.4) is 0 Å². The molecule has 2 aromatic heterocycles. The number of hydrogen-bond acceptors (Lipinski definition) is 4. The second kappa shape index (κ2) is 4.92. The predicted octanol–water partition coefficient (Wildman–Crippen LogP) is 2.50. The van der Waals surface area contributed by atoms with Crippen molar-refractivity contribution in [2.45, 2.75) is 45.1 Å². The molecule has 2 aromatic rings.